The molecule has 1 N–H and O–H groups in total. The number of nitrogens with zero attached hydrogens (tertiary/aromatic N) is 2. The highest BCUT2D eigenvalue weighted by atomic mass is 16.5. The largest absolute Gasteiger partial charge is 0.462 e. The van der Waals surface area contributed by atoms with Crippen LogP contribution in [0.25, 0.3) is 0 Å². The molecule has 6 heteroatoms. The van der Waals surface area contributed by atoms with Crippen molar-refractivity contribution >= 4 is 11.9 Å². The number of carbonyl (C=O) groups excluding carboxylic acids is 2. The van der Waals surface area contributed by atoms with E-state index in [1.54, 1.807) is 43.3 Å². The zero-order valence-electron chi connectivity index (χ0n) is 14.9. The molecule has 0 bridgehead atoms. The lowest BCUT2D eigenvalue weighted by atomic mass is 10.1. The SMILES string of the molecule is C=CCN(CC=C)C(=O)/C(C#N)=C\NCc1ccc(C(=O)OCC)cc1. The topological polar surface area (TPSA) is 82.4 Å². The average molecular weight is 353 g/mol. The summed E-state index contributed by atoms with van der Waals surface area (Å²) in [5, 5.41) is 12.2. The monoisotopic (exact) mass is 353 g/mol. The summed E-state index contributed by atoms with van der Waals surface area (Å²) in [5.41, 5.74) is 1.37. The van der Waals surface area contributed by atoms with E-state index in [0.717, 1.165) is 5.56 Å². The second-order valence-electron chi connectivity index (χ2n) is 5.26. The highest BCUT2D eigenvalue weighted by molar-refractivity contribution is 5.97. The van der Waals surface area contributed by atoms with Gasteiger partial charge in [0.2, 0.25) is 0 Å². The molecular formula is C20H23N3O3. The number of nitrogens with one attached hydrogen (secondary N) is 1. The van der Waals surface area contributed by atoms with Gasteiger partial charge in [0.25, 0.3) is 5.91 Å². The molecule has 0 aliphatic carbocycles. The summed E-state index contributed by atoms with van der Waals surface area (Å²) in [5.74, 6) is -0.758. The second kappa shape index (κ2) is 11.3. The van der Waals surface area contributed by atoms with E-state index in [4.69, 9.17) is 4.74 Å². The minimum Gasteiger partial charge on any atom is -0.462 e. The van der Waals surface area contributed by atoms with Gasteiger partial charge in [-0.15, -0.1) is 13.2 Å². The van der Waals surface area contributed by atoms with E-state index < -0.39 is 5.91 Å². The average Bonchev–Trinajstić information content (AvgIpc) is 2.65. The Labute approximate surface area is 154 Å². The molecule has 0 unspecified atom stereocenters. The molecule has 0 radical (unpaired) electrons. The number of hydrogen-bond donors (Lipinski definition) is 1. The van der Waals surface area contributed by atoms with Gasteiger partial charge in [-0.2, -0.15) is 5.26 Å². The van der Waals surface area contributed by atoms with Crippen LogP contribution in [0.5, 0.6) is 0 Å². The molecule has 0 aromatic heterocycles. The maximum Gasteiger partial charge on any atom is 0.338 e. The van der Waals surface area contributed by atoms with Gasteiger partial charge in [-0.05, 0) is 24.6 Å². The quantitative estimate of drug-likeness (QED) is 0.302. The lowest BCUT2D eigenvalue weighted by molar-refractivity contribution is -0.125. The van der Waals surface area contributed by atoms with Crippen LogP contribution in [0.3, 0.4) is 0 Å². The van der Waals surface area contributed by atoms with E-state index >= 15 is 0 Å². The van der Waals surface area contributed by atoms with Crippen molar-refractivity contribution in [3.05, 3.63) is 72.5 Å². The number of rotatable bonds is 10. The van der Waals surface area contributed by atoms with Gasteiger partial charge in [0.15, 0.2) is 0 Å². The lowest BCUT2D eigenvalue weighted by Gasteiger charge is -2.18. The van der Waals surface area contributed by atoms with Crippen molar-refractivity contribution in [2.75, 3.05) is 19.7 Å². The van der Waals surface area contributed by atoms with Gasteiger partial charge in [0.1, 0.15) is 11.6 Å². The summed E-state index contributed by atoms with van der Waals surface area (Å²) < 4.78 is 4.93. The van der Waals surface area contributed by atoms with Gasteiger partial charge < -0.3 is 15.0 Å². The number of amides is 1. The van der Waals surface area contributed by atoms with Crippen LogP contribution in [0.15, 0.2) is 61.3 Å². The molecule has 6 nitrogen and oxygen atoms in total. The molecule has 0 fully saturated rings. The molecule has 0 atom stereocenters. The van der Waals surface area contributed by atoms with E-state index in [1.165, 1.54) is 11.1 Å². The third kappa shape index (κ3) is 6.29. The van der Waals surface area contributed by atoms with Crippen LogP contribution in [-0.4, -0.2) is 36.5 Å². The molecule has 0 aliphatic heterocycles. The van der Waals surface area contributed by atoms with E-state index in [1.807, 2.05) is 6.07 Å². The van der Waals surface area contributed by atoms with E-state index in [2.05, 4.69) is 18.5 Å². The maximum atomic E-state index is 12.3. The molecule has 136 valence electrons. The number of benzene rings is 1. The van der Waals surface area contributed by atoms with Crippen molar-refractivity contribution in [1.29, 1.82) is 5.26 Å². The Hall–Kier alpha value is -3.33. The number of esters is 1. The summed E-state index contributed by atoms with van der Waals surface area (Å²) >= 11 is 0. The normalized spacial score (nSPS) is 10.4. The maximum absolute atomic E-state index is 12.3. The Balaban J connectivity index is 2.71. The van der Waals surface area contributed by atoms with E-state index in [0.29, 0.717) is 31.8 Å². The first kappa shape index (κ1) is 20.7. The highest BCUT2D eigenvalue weighted by Crippen LogP contribution is 2.07. The predicted molar refractivity (Wildman–Crippen MR) is 99.9 cm³/mol. The van der Waals surface area contributed by atoms with E-state index in [-0.39, 0.29) is 11.5 Å². The van der Waals surface area contributed by atoms with Gasteiger partial charge in [0.05, 0.1) is 12.2 Å². The summed E-state index contributed by atoms with van der Waals surface area (Å²) in [6, 6.07) is 8.81. The molecule has 0 saturated heterocycles. The fourth-order valence-corrected chi connectivity index (χ4v) is 2.11. The fourth-order valence-electron chi connectivity index (χ4n) is 2.11. The summed E-state index contributed by atoms with van der Waals surface area (Å²) in [7, 11) is 0. The Morgan fingerprint density at radius 3 is 2.35 bits per heavy atom. The Bertz CT molecular complexity index is 705. The minimum absolute atomic E-state index is 0.00292. The van der Waals surface area contributed by atoms with Gasteiger partial charge in [-0.3, -0.25) is 4.79 Å². The number of carbonyl (C=O) groups is 2. The lowest BCUT2D eigenvalue weighted by Crippen LogP contribution is -2.32. The van der Waals surface area contributed by atoms with Gasteiger partial charge in [-0.1, -0.05) is 24.3 Å². The van der Waals surface area contributed by atoms with Crippen LogP contribution in [-0.2, 0) is 16.1 Å². The summed E-state index contributed by atoms with van der Waals surface area (Å²) in [6.07, 6.45) is 4.57. The Kier molecular flexibility index (Phi) is 8.97. The first-order valence-corrected chi connectivity index (χ1v) is 8.18. The van der Waals surface area contributed by atoms with Gasteiger partial charge in [-0.25, -0.2) is 4.79 Å². The van der Waals surface area contributed by atoms with Crippen LogP contribution >= 0.6 is 0 Å². The standard InChI is InChI=1S/C20H23N3O3/c1-4-11-23(12-5-2)19(24)18(13-21)15-22-14-16-7-9-17(10-8-16)20(25)26-6-3/h4-5,7-10,15,22H,1-2,6,11-12,14H2,3H3/b18-15-. The van der Waals surface area contributed by atoms with Crippen LogP contribution < -0.4 is 5.32 Å². The first-order chi connectivity index (χ1) is 12.6. The Morgan fingerprint density at radius 2 is 1.85 bits per heavy atom. The third-order valence-corrected chi connectivity index (χ3v) is 3.35. The van der Waals surface area contributed by atoms with E-state index in [9.17, 15) is 14.9 Å². The number of nitriles is 1. The highest BCUT2D eigenvalue weighted by Gasteiger charge is 2.15. The predicted octanol–water partition coefficient (Wildman–Crippen LogP) is 2.56. The van der Waals surface area contributed by atoms with Crippen LogP contribution in [0.2, 0.25) is 0 Å². The van der Waals surface area contributed by atoms with Crippen molar-refractivity contribution in [2.24, 2.45) is 0 Å². The molecule has 0 heterocycles. The summed E-state index contributed by atoms with van der Waals surface area (Å²) in [6.45, 7) is 10.4. The molecular weight excluding hydrogens is 330 g/mol. The summed E-state index contributed by atoms with van der Waals surface area (Å²) in [4.78, 5) is 25.4. The van der Waals surface area contributed by atoms with Crippen molar-refractivity contribution in [2.45, 2.75) is 13.5 Å². The van der Waals surface area contributed by atoms with Crippen molar-refractivity contribution in [3.63, 3.8) is 0 Å². The second-order valence-corrected chi connectivity index (χ2v) is 5.26. The smallest absolute Gasteiger partial charge is 0.338 e. The van der Waals surface area contributed by atoms with Crippen molar-refractivity contribution in [3.8, 4) is 6.07 Å². The Morgan fingerprint density at radius 1 is 1.23 bits per heavy atom. The fraction of sp³-hybridized carbons (Fsp3) is 0.250. The van der Waals surface area contributed by atoms with Gasteiger partial charge >= 0.3 is 5.97 Å². The molecule has 1 amide bonds. The van der Waals surface area contributed by atoms with Crippen LogP contribution in [0.4, 0.5) is 0 Å². The zero-order valence-corrected chi connectivity index (χ0v) is 14.9. The van der Waals surface area contributed by atoms with Crippen LogP contribution in [0.1, 0.15) is 22.8 Å². The van der Waals surface area contributed by atoms with Crippen LogP contribution in [0, 0.1) is 11.3 Å². The number of ether oxygens (including phenoxy) is 1. The molecule has 26 heavy (non-hydrogen) atoms. The first-order valence-electron chi connectivity index (χ1n) is 8.18. The molecule has 0 spiro atoms. The number of hydrogen-bond acceptors (Lipinski definition) is 5. The minimum atomic E-state index is -0.391. The molecule has 0 saturated carbocycles. The molecule has 1 rings (SSSR count). The van der Waals surface area contributed by atoms with Crippen molar-refractivity contribution < 1.29 is 14.3 Å². The van der Waals surface area contributed by atoms with Gasteiger partial charge in [0, 0.05) is 25.8 Å². The molecule has 1 aromatic rings. The molecule has 0 aliphatic rings. The third-order valence-electron chi connectivity index (χ3n) is 3.35. The zero-order chi connectivity index (χ0) is 19.4. The van der Waals surface area contributed by atoms with Crippen molar-refractivity contribution in [1.82, 2.24) is 10.2 Å². The molecule has 1 aromatic carbocycles.